The highest BCUT2D eigenvalue weighted by molar-refractivity contribution is 6.23. The normalized spacial score (nSPS) is 12.4. The van der Waals surface area contributed by atoms with E-state index in [4.69, 9.17) is 5.73 Å². The molecule has 4 rings (SSSR count). The van der Waals surface area contributed by atoms with Crippen molar-refractivity contribution in [2.24, 2.45) is 0 Å². The van der Waals surface area contributed by atoms with Gasteiger partial charge in [-0.3, -0.25) is 29.1 Å². The Morgan fingerprint density at radius 1 is 0.966 bits per heavy atom. The Bertz CT molecular complexity index is 1210. The molecule has 2 heterocycles. The second-order valence-electron chi connectivity index (χ2n) is 6.52. The van der Waals surface area contributed by atoms with Gasteiger partial charge >= 0.3 is 0 Å². The molecule has 1 aromatic heterocycles. The molecule has 144 valence electrons. The summed E-state index contributed by atoms with van der Waals surface area (Å²) in [5.74, 6) is -1.57. The Labute approximate surface area is 165 Å². The van der Waals surface area contributed by atoms with Crippen molar-refractivity contribution in [3.63, 3.8) is 0 Å². The molecule has 0 bridgehead atoms. The van der Waals surface area contributed by atoms with Crippen molar-refractivity contribution in [1.29, 1.82) is 0 Å². The Morgan fingerprint density at radius 3 is 2.28 bits per heavy atom. The van der Waals surface area contributed by atoms with Crippen LogP contribution in [0.15, 0.2) is 65.5 Å². The van der Waals surface area contributed by atoms with Gasteiger partial charge in [0.1, 0.15) is 5.82 Å². The third-order valence-electron chi connectivity index (χ3n) is 4.77. The van der Waals surface area contributed by atoms with E-state index in [0.717, 1.165) is 10.6 Å². The summed E-state index contributed by atoms with van der Waals surface area (Å²) in [6, 6.07) is 16.5. The highest BCUT2D eigenvalue weighted by atomic mass is 16.2. The van der Waals surface area contributed by atoms with Gasteiger partial charge in [-0.05, 0) is 36.4 Å². The van der Waals surface area contributed by atoms with E-state index in [-0.39, 0.29) is 22.9 Å². The van der Waals surface area contributed by atoms with Gasteiger partial charge in [-0.2, -0.15) is 0 Å². The first-order valence-electron chi connectivity index (χ1n) is 8.73. The summed E-state index contributed by atoms with van der Waals surface area (Å²) < 4.78 is 1.15. The van der Waals surface area contributed by atoms with Crippen LogP contribution in [-0.2, 0) is 0 Å². The summed E-state index contributed by atoms with van der Waals surface area (Å²) in [6.45, 7) is 0. The van der Waals surface area contributed by atoms with Gasteiger partial charge in [0.15, 0.2) is 0 Å². The van der Waals surface area contributed by atoms with Crippen LogP contribution in [0.4, 0.5) is 11.5 Å². The van der Waals surface area contributed by atoms with Crippen LogP contribution in [0.5, 0.6) is 0 Å². The zero-order valence-electron chi connectivity index (χ0n) is 15.4. The van der Waals surface area contributed by atoms with Gasteiger partial charge in [0, 0.05) is 24.4 Å². The van der Waals surface area contributed by atoms with Gasteiger partial charge in [0.05, 0.1) is 16.8 Å². The number of anilines is 2. The number of rotatable bonds is 3. The fourth-order valence-corrected chi connectivity index (χ4v) is 3.26. The third-order valence-corrected chi connectivity index (χ3v) is 4.77. The topological polar surface area (TPSA) is 114 Å². The molecule has 29 heavy (non-hydrogen) atoms. The van der Waals surface area contributed by atoms with E-state index in [1.807, 2.05) is 6.07 Å². The summed E-state index contributed by atoms with van der Waals surface area (Å²) >= 11 is 0. The summed E-state index contributed by atoms with van der Waals surface area (Å²) in [6.07, 6.45) is 0. The summed E-state index contributed by atoms with van der Waals surface area (Å²) in [4.78, 5) is 50.3. The first-order chi connectivity index (χ1) is 13.9. The molecule has 3 aromatic rings. The van der Waals surface area contributed by atoms with Gasteiger partial charge in [-0.15, -0.1) is 0 Å². The number of nitrogens with two attached hydrogens (primary N) is 1. The Balaban J connectivity index is 1.70. The maximum Gasteiger partial charge on any atom is 0.262 e. The lowest BCUT2D eigenvalue weighted by Gasteiger charge is -2.18. The van der Waals surface area contributed by atoms with Crippen LogP contribution >= 0.6 is 0 Å². The molecule has 0 atom stereocenters. The Hall–Kier alpha value is -4.20. The van der Waals surface area contributed by atoms with Gasteiger partial charge in [0.25, 0.3) is 23.3 Å². The highest BCUT2D eigenvalue weighted by Gasteiger charge is 2.31. The number of aromatic nitrogens is 1. The van der Waals surface area contributed by atoms with E-state index in [0.29, 0.717) is 16.9 Å². The molecule has 8 nitrogen and oxygen atoms in total. The third kappa shape index (κ3) is 2.96. The number of hydrogen-bond acceptors (Lipinski definition) is 5. The molecule has 0 saturated carbocycles. The quantitative estimate of drug-likeness (QED) is 0.661. The molecule has 0 aliphatic carbocycles. The average Bonchev–Trinajstić information content (AvgIpc) is 3.01. The fraction of sp³-hybridized carbons (Fsp3) is 0.0476. The van der Waals surface area contributed by atoms with Crippen LogP contribution in [0, 0.1) is 0 Å². The highest BCUT2D eigenvalue weighted by Crippen LogP contribution is 2.24. The summed E-state index contributed by atoms with van der Waals surface area (Å²) in [5, 5.41) is 2.13. The lowest BCUT2D eigenvalue weighted by atomic mass is 10.1. The molecule has 0 saturated heterocycles. The molecule has 1 aliphatic heterocycles. The molecule has 3 N–H and O–H groups in total. The molecule has 3 amide bonds. The van der Waals surface area contributed by atoms with Gasteiger partial charge in [-0.1, -0.05) is 18.2 Å². The van der Waals surface area contributed by atoms with Crippen molar-refractivity contribution in [3.8, 4) is 5.69 Å². The van der Waals surface area contributed by atoms with Crippen molar-refractivity contribution in [2.45, 2.75) is 0 Å². The first-order valence-corrected chi connectivity index (χ1v) is 8.73. The standard InChI is InChI=1S/C21H16N4O4/c1-24(21(29)12-5-3-2-4-6-12)13-7-9-14(10-8-13)25-16(26)11-15-17(18(25)22)20(28)23-19(15)27/h2-11H,22H2,1H3,(H,23,27,28). The van der Waals surface area contributed by atoms with Gasteiger partial charge < -0.3 is 10.6 Å². The van der Waals surface area contributed by atoms with E-state index >= 15 is 0 Å². The van der Waals surface area contributed by atoms with Crippen LogP contribution in [0.1, 0.15) is 31.1 Å². The maximum atomic E-state index is 12.6. The van der Waals surface area contributed by atoms with Crippen molar-refractivity contribution >= 4 is 29.2 Å². The van der Waals surface area contributed by atoms with Crippen molar-refractivity contribution in [3.05, 3.63) is 87.7 Å². The summed E-state index contributed by atoms with van der Waals surface area (Å²) in [5.41, 5.74) is 7.02. The zero-order chi connectivity index (χ0) is 20.7. The van der Waals surface area contributed by atoms with Crippen LogP contribution in [0.25, 0.3) is 5.69 Å². The summed E-state index contributed by atoms with van der Waals surface area (Å²) in [7, 11) is 1.65. The molecule has 0 fully saturated rings. The molecular formula is C21H16N4O4. The van der Waals surface area contributed by atoms with Crippen LogP contribution in [-0.4, -0.2) is 29.3 Å². The lowest BCUT2D eigenvalue weighted by molar-refractivity contribution is 0.0878. The minimum absolute atomic E-state index is 0.0185. The van der Waals surface area contributed by atoms with E-state index in [1.54, 1.807) is 55.6 Å². The predicted molar refractivity (Wildman–Crippen MR) is 107 cm³/mol. The molecule has 0 spiro atoms. The van der Waals surface area contributed by atoms with Gasteiger partial charge in [-0.25, -0.2) is 0 Å². The molecule has 0 radical (unpaired) electrons. The number of carbonyl (C=O) groups excluding carboxylic acids is 3. The SMILES string of the molecule is CN(C(=O)c1ccccc1)c1ccc(-n2c(N)c3c(cc2=O)C(=O)NC3=O)cc1. The minimum atomic E-state index is -0.641. The zero-order valence-corrected chi connectivity index (χ0v) is 15.4. The molecule has 2 aromatic carbocycles. The van der Waals surface area contributed by atoms with E-state index in [1.165, 1.54) is 4.90 Å². The number of imide groups is 1. The molecule has 8 heteroatoms. The van der Waals surface area contributed by atoms with E-state index in [9.17, 15) is 19.2 Å². The second-order valence-corrected chi connectivity index (χ2v) is 6.52. The Morgan fingerprint density at radius 2 is 1.62 bits per heavy atom. The first kappa shape index (κ1) is 18.2. The van der Waals surface area contributed by atoms with Crippen LogP contribution in [0.2, 0.25) is 0 Å². The number of amides is 3. The number of nitrogens with zero attached hydrogens (tertiary/aromatic N) is 2. The van der Waals surface area contributed by atoms with Crippen LogP contribution in [0.3, 0.4) is 0 Å². The maximum absolute atomic E-state index is 12.6. The largest absolute Gasteiger partial charge is 0.384 e. The number of fused-ring (bicyclic) bond motifs is 1. The van der Waals surface area contributed by atoms with Crippen molar-refractivity contribution in [2.75, 3.05) is 17.7 Å². The van der Waals surface area contributed by atoms with Crippen LogP contribution < -0.4 is 21.5 Å². The van der Waals surface area contributed by atoms with Gasteiger partial charge in [0.2, 0.25) is 0 Å². The number of hydrogen-bond donors (Lipinski definition) is 2. The molecule has 1 aliphatic rings. The number of carbonyl (C=O) groups is 3. The number of benzene rings is 2. The Kier molecular flexibility index (Phi) is 4.23. The van der Waals surface area contributed by atoms with Crippen molar-refractivity contribution < 1.29 is 14.4 Å². The smallest absolute Gasteiger partial charge is 0.262 e. The minimum Gasteiger partial charge on any atom is -0.384 e. The number of nitrogen functional groups attached to an aromatic ring is 1. The lowest BCUT2D eigenvalue weighted by Crippen LogP contribution is -2.26. The monoisotopic (exact) mass is 388 g/mol. The van der Waals surface area contributed by atoms with E-state index < -0.39 is 17.4 Å². The molecular weight excluding hydrogens is 372 g/mol. The predicted octanol–water partition coefficient (Wildman–Crippen LogP) is 1.58. The second kappa shape index (κ2) is 6.75. The molecule has 0 unspecified atom stereocenters. The fourth-order valence-electron chi connectivity index (χ4n) is 3.26. The number of nitrogens with one attached hydrogen (secondary N) is 1. The van der Waals surface area contributed by atoms with Crippen molar-refractivity contribution in [1.82, 2.24) is 9.88 Å². The van der Waals surface area contributed by atoms with E-state index in [2.05, 4.69) is 5.32 Å². The average molecular weight is 388 g/mol. The number of pyridine rings is 1.